The number of sulfonamides is 1. The van der Waals surface area contributed by atoms with E-state index in [4.69, 9.17) is 9.84 Å². The van der Waals surface area contributed by atoms with E-state index < -0.39 is 16.0 Å². The molecule has 0 spiro atoms. The van der Waals surface area contributed by atoms with Crippen molar-refractivity contribution in [1.82, 2.24) is 9.21 Å². The number of carboxylic acid groups (broad SMARTS) is 1. The van der Waals surface area contributed by atoms with Crippen LogP contribution in [0.5, 0.6) is 0 Å². The van der Waals surface area contributed by atoms with Crippen molar-refractivity contribution in [3.8, 4) is 0 Å². The molecule has 1 atom stereocenters. The van der Waals surface area contributed by atoms with Gasteiger partial charge in [-0.25, -0.2) is 17.5 Å². The van der Waals surface area contributed by atoms with Gasteiger partial charge in [0, 0.05) is 32.7 Å². The minimum Gasteiger partial charge on any atom is -0.480 e. The number of ether oxygens (including phenoxy) is 1. The Bertz CT molecular complexity index is 487. The van der Waals surface area contributed by atoms with Crippen LogP contribution in [0.15, 0.2) is 0 Å². The van der Waals surface area contributed by atoms with Crippen LogP contribution >= 0.6 is 0 Å². The average Bonchev–Trinajstić information content (AvgIpc) is 2.34. The van der Waals surface area contributed by atoms with Gasteiger partial charge in [-0.05, 0) is 25.7 Å². The molecule has 0 radical (unpaired) electrons. The Morgan fingerprint density at radius 3 is 2.67 bits per heavy atom. The Hall–Kier alpha value is -0.700. The fourth-order valence-corrected chi connectivity index (χ4v) is 4.14. The summed E-state index contributed by atoms with van der Waals surface area (Å²) in [4.78, 5) is 12.7. The van der Waals surface area contributed by atoms with Crippen molar-refractivity contribution in [3.05, 3.63) is 0 Å². The smallest absolute Gasteiger partial charge is 0.329 e. The van der Waals surface area contributed by atoms with E-state index in [0.29, 0.717) is 32.1 Å². The molecular formula is C13H24N2O5S. The Labute approximate surface area is 125 Å². The van der Waals surface area contributed by atoms with Gasteiger partial charge in [-0.1, -0.05) is 0 Å². The summed E-state index contributed by atoms with van der Waals surface area (Å²) in [5, 5.41) is 8.63. The Morgan fingerprint density at radius 2 is 2.10 bits per heavy atom. The van der Waals surface area contributed by atoms with Gasteiger partial charge in [0.2, 0.25) is 10.0 Å². The highest BCUT2D eigenvalue weighted by atomic mass is 32.2. The van der Waals surface area contributed by atoms with Crippen molar-refractivity contribution in [1.29, 1.82) is 0 Å². The van der Waals surface area contributed by atoms with E-state index in [1.807, 2.05) is 6.92 Å². The highest BCUT2D eigenvalue weighted by Crippen LogP contribution is 2.28. The van der Waals surface area contributed by atoms with Crippen LogP contribution in [0.3, 0.4) is 0 Å². The molecule has 2 saturated heterocycles. The predicted octanol–water partition coefficient (Wildman–Crippen LogP) is -0.166. The maximum Gasteiger partial charge on any atom is 0.329 e. The first-order chi connectivity index (χ1) is 9.68. The number of hydrogen-bond acceptors (Lipinski definition) is 5. The maximum atomic E-state index is 11.6. The standard InChI is InChI=1S/C13H24N2O5S/c1-13(20-8-12(16)17)9-14(10-13)6-11-4-3-5-15(7-11)21(2,18)19/h11H,3-10H2,1-2H3,(H,16,17). The predicted molar refractivity (Wildman–Crippen MR) is 77.6 cm³/mol. The van der Waals surface area contributed by atoms with E-state index in [2.05, 4.69) is 4.90 Å². The van der Waals surface area contributed by atoms with Crippen LogP contribution in [0.25, 0.3) is 0 Å². The van der Waals surface area contributed by atoms with Gasteiger partial charge in [0.25, 0.3) is 0 Å². The number of rotatable bonds is 6. The molecule has 1 N–H and O–H groups in total. The number of carboxylic acids is 1. The highest BCUT2D eigenvalue weighted by Gasteiger charge is 2.41. The fourth-order valence-electron chi connectivity index (χ4n) is 3.20. The van der Waals surface area contributed by atoms with Crippen molar-refractivity contribution in [3.63, 3.8) is 0 Å². The molecular weight excluding hydrogens is 296 g/mol. The molecule has 122 valence electrons. The zero-order valence-electron chi connectivity index (χ0n) is 12.6. The number of piperidine rings is 1. The second-order valence-electron chi connectivity index (χ2n) is 6.43. The normalized spacial score (nSPS) is 27.2. The molecule has 2 aliphatic rings. The van der Waals surface area contributed by atoms with Gasteiger partial charge < -0.3 is 9.84 Å². The lowest BCUT2D eigenvalue weighted by atomic mass is 9.92. The summed E-state index contributed by atoms with van der Waals surface area (Å²) in [5.74, 6) is -0.608. The zero-order valence-corrected chi connectivity index (χ0v) is 13.4. The van der Waals surface area contributed by atoms with Gasteiger partial charge in [0.05, 0.1) is 11.9 Å². The molecule has 21 heavy (non-hydrogen) atoms. The summed E-state index contributed by atoms with van der Waals surface area (Å²) < 4.78 is 30.1. The average molecular weight is 320 g/mol. The third kappa shape index (κ3) is 4.64. The lowest BCUT2D eigenvalue weighted by Crippen LogP contribution is -2.63. The minimum atomic E-state index is -3.10. The molecule has 0 aromatic heterocycles. The molecule has 2 aliphatic heterocycles. The SMILES string of the molecule is CC1(OCC(=O)O)CN(CC2CCCN(S(C)(=O)=O)C2)C1. The minimum absolute atomic E-state index is 0.268. The Balaban J connectivity index is 1.76. The van der Waals surface area contributed by atoms with Gasteiger partial charge in [-0.15, -0.1) is 0 Å². The molecule has 2 rings (SSSR count). The molecule has 0 bridgehead atoms. The van der Waals surface area contributed by atoms with Crippen LogP contribution in [-0.2, 0) is 19.6 Å². The van der Waals surface area contributed by atoms with Gasteiger partial charge in [0.15, 0.2) is 0 Å². The van der Waals surface area contributed by atoms with Crippen molar-refractivity contribution in [2.24, 2.45) is 5.92 Å². The second-order valence-corrected chi connectivity index (χ2v) is 8.41. The quantitative estimate of drug-likeness (QED) is 0.731. The van der Waals surface area contributed by atoms with Crippen molar-refractivity contribution in [2.45, 2.75) is 25.4 Å². The first-order valence-corrected chi connectivity index (χ1v) is 9.06. The van der Waals surface area contributed by atoms with E-state index in [9.17, 15) is 13.2 Å². The molecule has 1 unspecified atom stereocenters. The number of hydrogen-bond donors (Lipinski definition) is 1. The third-order valence-corrected chi connectivity index (χ3v) is 5.40. The van der Waals surface area contributed by atoms with Crippen LogP contribution in [0.2, 0.25) is 0 Å². The van der Waals surface area contributed by atoms with Crippen LogP contribution in [0, 0.1) is 5.92 Å². The molecule has 0 saturated carbocycles. The van der Waals surface area contributed by atoms with Crippen LogP contribution in [0.1, 0.15) is 19.8 Å². The highest BCUT2D eigenvalue weighted by molar-refractivity contribution is 7.88. The monoisotopic (exact) mass is 320 g/mol. The molecule has 7 nitrogen and oxygen atoms in total. The fraction of sp³-hybridized carbons (Fsp3) is 0.923. The van der Waals surface area contributed by atoms with E-state index >= 15 is 0 Å². The third-order valence-electron chi connectivity index (χ3n) is 4.13. The summed E-state index contributed by atoms with van der Waals surface area (Å²) in [5.41, 5.74) is -0.385. The number of aliphatic carboxylic acids is 1. The molecule has 0 aromatic carbocycles. The van der Waals surface area contributed by atoms with Gasteiger partial charge in [-0.2, -0.15) is 0 Å². The van der Waals surface area contributed by atoms with Gasteiger partial charge in [-0.3, -0.25) is 4.90 Å². The first-order valence-electron chi connectivity index (χ1n) is 7.21. The van der Waals surface area contributed by atoms with Crippen LogP contribution in [0.4, 0.5) is 0 Å². The lowest BCUT2D eigenvalue weighted by molar-refractivity contribution is -0.166. The Morgan fingerprint density at radius 1 is 1.43 bits per heavy atom. The van der Waals surface area contributed by atoms with E-state index in [-0.39, 0.29) is 12.2 Å². The molecule has 0 aromatic rings. The number of nitrogens with zero attached hydrogens (tertiary/aromatic N) is 2. The van der Waals surface area contributed by atoms with Crippen molar-refractivity contribution >= 4 is 16.0 Å². The Kier molecular flexibility index (Phi) is 4.92. The molecule has 2 fully saturated rings. The second kappa shape index (κ2) is 6.20. The molecule has 0 amide bonds. The first kappa shape index (κ1) is 16.7. The van der Waals surface area contributed by atoms with E-state index in [1.165, 1.54) is 6.26 Å². The summed E-state index contributed by atoms with van der Waals surface area (Å²) in [6.07, 6.45) is 3.20. The van der Waals surface area contributed by atoms with E-state index in [0.717, 1.165) is 19.4 Å². The van der Waals surface area contributed by atoms with Gasteiger partial charge in [0.1, 0.15) is 6.61 Å². The van der Waals surface area contributed by atoms with Crippen molar-refractivity contribution in [2.75, 3.05) is 45.6 Å². The molecule has 8 heteroatoms. The summed E-state index contributed by atoms with van der Waals surface area (Å²) >= 11 is 0. The molecule has 0 aliphatic carbocycles. The molecule has 2 heterocycles. The summed E-state index contributed by atoms with van der Waals surface area (Å²) in [6.45, 7) is 5.10. The lowest BCUT2D eigenvalue weighted by Gasteiger charge is -2.49. The summed E-state index contributed by atoms with van der Waals surface area (Å²) in [6, 6.07) is 0. The number of carbonyl (C=O) groups is 1. The number of likely N-dealkylation sites (tertiary alicyclic amines) is 1. The van der Waals surface area contributed by atoms with Crippen molar-refractivity contribution < 1.29 is 23.1 Å². The summed E-state index contributed by atoms with van der Waals surface area (Å²) in [7, 11) is -3.10. The maximum absolute atomic E-state index is 11.6. The largest absolute Gasteiger partial charge is 0.480 e. The topological polar surface area (TPSA) is 87.2 Å². The van der Waals surface area contributed by atoms with E-state index in [1.54, 1.807) is 4.31 Å². The van der Waals surface area contributed by atoms with Crippen LogP contribution in [-0.4, -0.2) is 79.9 Å². The van der Waals surface area contributed by atoms with Gasteiger partial charge >= 0.3 is 5.97 Å². The van der Waals surface area contributed by atoms with Crippen LogP contribution < -0.4 is 0 Å². The zero-order chi connectivity index (χ0) is 15.7.